The zero-order valence-electron chi connectivity index (χ0n) is 8.51. The predicted molar refractivity (Wildman–Crippen MR) is 60.3 cm³/mol. The molecule has 3 nitrogen and oxygen atoms in total. The highest BCUT2D eigenvalue weighted by Gasteiger charge is 2.17. The molecule has 0 aliphatic rings. The lowest BCUT2D eigenvalue weighted by atomic mass is 10.2. The summed E-state index contributed by atoms with van der Waals surface area (Å²) in [6.07, 6.45) is 1.50. The molecule has 0 saturated carbocycles. The fourth-order valence-corrected chi connectivity index (χ4v) is 2.26. The minimum atomic E-state index is -0.782. The monoisotopic (exact) mass is 226 g/mol. The van der Waals surface area contributed by atoms with Crippen LogP contribution in [0.15, 0.2) is 29.2 Å². The average Bonchev–Trinajstić information content (AvgIpc) is 2.20. The molecule has 1 atom stereocenters. The van der Waals surface area contributed by atoms with Crippen LogP contribution in [-0.2, 0) is 4.79 Å². The highest BCUT2D eigenvalue weighted by molar-refractivity contribution is 8.00. The van der Waals surface area contributed by atoms with Crippen LogP contribution in [0.2, 0.25) is 0 Å². The first-order chi connectivity index (χ1) is 7.13. The summed E-state index contributed by atoms with van der Waals surface area (Å²) in [4.78, 5) is 11.8. The third-order valence-electron chi connectivity index (χ3n) is 1.94. The summed E-state index contributed by atoms with van der Waals surface area (Å²) in [5.74, 6) is -0.586. The highest BCUT2D eigenvalue weighted by Crippen LogP contribution is 2.27. The summed E-state index contributed by atoms with van der Waals surface area (Å²) in [6.45, 7) is 1.97. The van der Waals surface area contributed by atoms with E-state index in [0.29, 0.717) is 6.42 Å². The van der Waals surface area contributed by atoms with Crippen LogP contribution in [0.25, 0.3) is 0 Å². The summed E-state index contributed by atoms with van der Waals surface area (Å²) < 4.78 is 0. The van der Waals surface area contributed by atoms with Crippen molar-refractivity contribution < 1.29 is 15.0 Å². The topological polar surface area (TPSA) is 57.5 Å². The van der Waals surface area contributed by atoms with E-state index in [1.165, 1.54) is 11.8 Å². The second-order valence-electron chi connectivity index (χ2n) is 3.23. The van der Waals surface area contributed by atoms with Crippen LogP contribution in [0, 0.1) is 0 Å². The molecule has 0 aliphatic heterocycles. The van der Waals surface area contributed by atoms with Gasteiger partial charge in [0.25, 0.3) is 0 Å². The van der Waals surface area contributed by atoms with E-state index in [4.69, 9.17) is 10.2 Å². The first-order valence-electron chi connectivity index (χ1n) is 4.82. The van der Waals surface area contributed by atoms with Crippen LogP contribution in [-0.4, -0.2) is 21.4 Å². The van der Waals surface area contributed by atoms with Crippen molar-refractivity contribution in [3.63, 3.8) is 0 Å². The van der Waals surface area contributed by atoms with Gasteiger partial charge >= 0.3 is 5.97 Å². The molecule has 2 N–H and O–H groups in total. The van der Waals surface area contributed by atoms with Crippen LogP contribution in [0.3, 0.4) is 0 Å². The summed E-state index contributed by atoms with van der Waals surface area (Å²) in [5.41, 5.74) is 0. The molecule has 0 fully saturated rings. The van der Waals surface area contributed by atoms with E-state index in [-0.39, 0.29) is 5.75 Å². The molecule has 0 radical (unpaired) electrons. The summed E-state index contributed by atoms with van der Waals surface area (Å²) in [5, 5.41) is 17.6. The molecule has 82 valence electrons. The van der Waals surface area contributed by atoms with E-state index in [1.807, 2.05) is 6.92 Å². The van der Waals surface area contributed by atoms with Crippen molar-refractivity contribution in [2.24, 2.45) is 0 Å². The van der Waals surface area contributed by atoms with Gasteiger partial charge in [0.05, 0.1) is 0 Å². The van der Waals surface area contributed by atoms with Crippen molar-refractivity contribution in [3.05, 3.63) is 24.3 Å². The number of carboxylic acid groups (broad SMARTS) is 1. The molecule has 0 bridgehead atoms. The number of phenols is 1. The van der Waals surface area contributed by atoms with E-state index in [9.17, 15) is 4.79 Å². The fraction of sp³-hybridized carbons (Fsp3) is 0.364. The summed E-state index contributed by atoms with van der Waals surface area (Å²) in [6, 6.07) is 6.58. The Kier molecular flexibility index (Phi) is 4.49. The number of thioether (sulfide) groups is 1. The average molecular weight is 226 g/mol. The Hall–Kier alpha value is -1.16. The lowest BCUT2D eigenvalue weighted by Crippen LogP contribution is -2.15. The number of carbonyl (C=O) groups is 1. The highest BCUT2D eigenvalue weighted by atomic mass is 32.2. The minimum absolute atomic E-state index is 0.196. The summed E-state index contributed by atoms with van der Waals surface area (Å²) >= 11 is 1.32. The molecule has 1 unspecified atom stereocenters. The number of aromatic hydroxyl groups is 1. The van der Waals surface area contributed by atoms with Crippen molar-refractivity contribution in [1.82, 2.24) is 0 Å². The van der Waals surface area contributed by atoms with Crippen molar-refractivity contribution in [2.45, 2.75) is 29.9 Å². The Morgan fingerprint density at radius 3 is 2.47 bits per heavy atom. The molecular weight excluding hydrogens is 212 g/mol. The Balaban J connectivity index is 2.65. The van der Waals surface area contributed by atoms with Crippen molar-refractivity contribution in [3.8, 4) is 5.75 Å². The first kappa shape index (κ1) is 11.9. The number of rotatable bonds is 5. The van der Waals surface area contributed by atoms with Crippen LogP contribution in [0.4, 0.5) is 0 Å². The van der Waals surface area contributed by atoms with Crippen molar-refractivity contribution in [2.75, 3.05) is 0 Å². The third kappa shape index (κ3) is 3.83. The maximum atomic E-state index is 10.9. The minimum Gasteiger partial charge on any atom is -0.508 e. The predicted octanol–water partition coefficient (Wildman–Crippen LogP) is 2.74. The lowest BCUT2D eigenvalue weighted by molar-refractivity contribution is -0.136. The molecule has 15 heavy (non-hydrogen) atoms. The zero-order chi connectivity index (χ0) is 11.3. The van der Waals surface area contributed by atoms with Gasteiger partial charge in [-0.1, -0.05) is 13.3 Å². The smallest absolute Gasteiger partial charge is 0.316 e. The number of carboxylic acids is 1. The molecule has 0 spiro atoms. The Labute approximate surface area is 93.1 Å². The maximum Gasteiger partial charge on any atom is 0.316 e. The Bertz CT molecular complexity index is 321. The van der Waals surface area contributed by atoms with Gasteiger partial charge in [0, 0.05) is 4.90 Å². The molecule has 4 heteroatoms. The second-order valence-corrected chi connectivity index (χ2v) is 4.50. The molecule has 0 aliphatic carbocycles. The molecule has 0 amide bonds. The molecule has 1 aromatic rings. The van der Waals surface area contributed by atoms with Gasteiger partial charge in [-0.3, -0.25) is 4.79 Å². The molecule has 1 rings (SSSR count). The third-order valence-corrected chi connectivity index (χ3v) is 3.21. The Morgan fingerprint density at radius 1 is 1.40 bits per heavy atom. The summed E-state index contributed by atoms with van der Waals surface area (Å²) in [7, 11) is 0. The van der Waals surface area contributed by atoms with Gasteiger partial charge < -0.3 is 10.2 Å². The van der Waals surface area contributed by atoms with Crippen molar-refractivity contribution in [1.29, 1.82) is 0 Å². The van der Waals surface area contributed by atoms with Gasteiger partial charge in [-0.15, -0.1) is 11.8 Å². The van der Waals surface area contributed by atoms with Gasteiger partial charge in [0.2, 0.25) is 0 Å². The molecular formula is C11H14O3S. The van der Waals surface area contributed by atoms with E-state index in [0.717, 1.165) is 11.3 Å². The van der Waals surface area contributed by atoms with E-state index < -0.39 is 11.2 Å². The van der Waals surface area contributed by atoms with Crippen LogP contribution in [0.1, 0.15) is 19.8 Å². The number of hydrogen-bond donors (Lipinski definition) is 2. The lowest BCUT2D eigenvalue weighted by Gasteiger charge is -2.10. The van der Waals surface area contributed by atoms with Crippen LogP contribution < -0.4 is 0 Å². The number of benzene rings is 1. The number of aliphatic carboxylic acids is 1. The van der Waals surface area contributed by atoms with Gasteiger partial charge in [-0.05, 0) is 30.7 Å². The quantitative estimate of drug-likeness (QED) is 0.758. The molecule has 1 aromatic carbocycles. The second kappa shape index (κ2) is 5.66. The standard InChI is InChI=1S/C11H14O3S/c1-2-3-10(11(13)14)15-9-6-4-8(12)5-7-9/h4-7,10,12H,2-3H2,1H3,(H,13,14). The zero-order valence-corrected chi connectivity index (χ0v) is 9.33. The van der Waals surface area contributed by atoms with Crippen LogP contribution in [0.5, 0.6) is 5.75 Å². The first-order valence-corrected chi connectivity index (χ1v) is 5.70. The fourth-order valence-electron chi connectivity index (χ4n) is 1.18. The number of hydrogen-bond acceptors (Lipinski definition) is 3. The van der Waals surface area contributed by atoms with Crippen molar-refractivity contribution >= 4 is 17.7 Å². The normalized spacial score (nSPS) is 12.3. The molecule has 0 aromatic heterocycles. The SMILES string of the molecule is CCCC(Sc1ccc(O)cc1)C(=O)O. The van der Waals surface area contributed by atoms with Gasteiger partial charge in [-0.25, -0.2) is 0 Å². The van der Waals surface area contributed by atoms with E-state index in [1.54, 1.807) is 24.3 Å². The largest absolute Gasteiger partial charge is 0.508 e. The van der Waals surface area contributed by atoms with E-state index >= 15 is 0 Å². The van der Waals surface area contributed by atoms with Gasteiger partial charge in [0.1, 0.15) is 11.0 Å². The van der Waals surface area contributed by atoms with Gasteiger partial charge in [0.15, 0.2) is 0 Å². The molecule has 0 saturated heterocycles. The molecule has 0 heterocycles. The van der Waals surface area contributed by atoms with Gasteiger partial charge in [-0.2, -0.15) is 0 Å². The van der Waals surface area contributed by atoms with Crippen LogP contribution >= 0.6 is 11.8 Å². The Morgan fingerprint density at radius 2 is 2.00 bits per heavy atom. The maximum absolute atomic E-state index is 10.9. The number of phenolic OH excluding ortho intramolecular Hbond substituents is 1. The van der Waals surface area contributed by atoms with E-state index in [2.05, 4.69) is 0 Å².